The van der Waals surface area contributed by atoms with Crippen LogP contribution in [0, 0.1) is 11.8 Å². The lowest BCUT2D eigenvalue weighted by Crippen LogP contribution is -2.27. The Kier molecular flexibility index (Phi) is 6.26. The first-order valence-electron chi connectivity index (χ1n) is 6.47. The summed E-state index contributed by atoms with van der Waals surface area (Å²) in [6.07, 6.45) is 7.31. The average Bonchev–Trinajstić information content (AvgIpc) is 2.80. The van der Waals surface area contributed by atoms with Crippen LogP contribution in [0.2, 0.25) is 0 Å². The molecule has 0 amide bonds. The van der Waals surface area contributed by atoms with Gasteiger partial charge in [0.2, 0.25) is 0 Å². The van der Waals surface area contributed by atoms with Crippen LogP contribution < -0.4 is 5.32 Å². The predicted molar refractivity (Wildman–Crippen MR) is 65.1 cm³/mol. The van der Waals surface area contributed by atoms with E-state index in [0.717, 1.165) is 11.8 Å². The Morgan fingerprint density at radius 1 is 1.07 bits per heavy atom. The topological polar surface area (TPSA) is 21.3 Å². The second-order valence-electron chi connectivity index (χ2n) is 5.13. The minimum Gasteiger partial charge on any atom is -0.381 e. The second kappa shape index (κ2) is 7.24. The molecule has 15 heavy (non-hydrogen) atoms. The van der Waals surface area contributed by atoms with Gasteiger partial charge in [-0.2, -0.15) is 0 Å². The molecule has 2 aliphatic rings. The Balaban J connectivity index is 0.000000187. The van der Waals surface area contributed by atoms with E-state index in [1.54, 1.807) is 0 Å². The molecule has 2 fully saturated rings. The lowest BCUT2D eigenvalue weighted by atomic mass is 9.82. The number of hydrogen-bond acceptors (Lipinski definition) is 2. The molecular formula is C13H27NO. The van der Waals surface area contributed by atoms with Crippen LogP contribution in [-0.2, 0) is 4.74 Å². The first kappa shape index (κ1) is 13.0. The van der Waals surface area contributed by atoms with Crippen molar-refractivity contribution in [3.8, 4) is 0 Å². The van der Waals surface area contributed by atoms with E-state index in [2.05, 4.69) is 19.2 Å². The number of ether oxygens (including phenoxy) is 1. The highest BCUT2D eigenvalue weighted by Gasteiger charge is 2.24. The lowest BCUT2D eigenvalue weighted by Gasteiger charge is -2.31. The molecule has 0 radical (unpaired) electrons. The van der Waals surface area contributed by atoms with E-state index in [9.17, 15) is 0 Å². The summed E-state index contributed by atoms with van der Waals surface area (Å²) in [6.45, 7) is 7.11. The molecule has 0 aromatic heterocycles. The van der Waals surface area contributed by atoms with Crippen molar-refractivity contribution in [1.29, 1.82) is 0 Å². The van der Waals surface area contributed by atoms with Crippen molar-refractivity contribution < 1.29 is 4.74 Å². The Morgan fingerprint density at radius 2 is 1.73 bits per heavy atom. The third-order valence-corrected chi connectivity index (χ3v) is 3.64. The van der Waals surface area contributed by atoms with E-state index in [4.69, 9.17) is 4.74 Å². The van der Waals surface area contributed by atoms with Gasteiger partial charge < -0.3 is 10.1 Å². The van der Waals surface area contributed by atoms with Gasteiger partial charge in [-0.05, 0) is 50.6 Å². The maximum atomic E-state index is 5.37. The molecule has 2 rings (SSSR count). The Labute approximate surface area is 94.8 Å². The van der Waals surface area contributed by atoms with Gasteiger partial charge in [0.25, 0.3) is 0 Å². The van der Waals surface area contributed by atoms with Crippen LogP contribution in [-0.4, -0.2) is 26.3 Å². The van der Waals surface area contributed by atoms with Crippen molar-refractivity contribution in [2.75, 3.05) is 20.2 Å². The number of methoxy groups -OCH3 is 1. The van der Waals surface area contributed by atoms with Crippen molar-refractivity contribution in [1.82, 2.24) is 5.32 Å². The molecule has 0 bridgehead atoms. The van der Waals surface area contributed by atoms with Gasteiger partial charge in [-0.1, -0.05) is 20.3 Å². The molecule has 0 spiro atoms. The summed E-state index contributed by atoms with van der Waals surface area (Å²) in [4.78, 5) is 0. The molecule has 2 nitrogen and oxygen atoms in total. The lowest BCUT2D eigenvalue weighted by molar-refractivity contribution is 0.0148. The maximum absolute atomic E-state index is 5.37. The van der Waals surface area contributed by atoms with Crippen molar-refractivity contribution in [3.63, 3.8) is 0 Å². The van der Waals surface area contributed by atoms with E-state index < -0.39 is 0 Å². The van der Waals surface area contributed by atoms with Crippen LogP contribution in [0.5, 0.6) is 0 Å². The Hall–Kier alpha value is -0.0800. The van der Waals surface area contributed by atoms with Crippen LogP contribution in [0.1, 0.15) is 46.0 Å². The third kappa shape index (κ3) is 4.98. The molecule has 1 saturated heterocycles. The molecule has 1 saturated carbocycles. The van der Waals surface area contributed by atoms with Crippen molar-refractivity contribution in [3.05, 3.63) is 0 Å². The Bertz CT molecular complexity index is 149. The fraction of sp³-hybridized carbons (Fsp3) is 1.00. The average molecular weight is 213 g/mol. The molecule has 1 heterocycles. The molecule has 3 unspecified atom stereocenters. The van der Waals surface area contributed by atoms with Crippen LogP contribution in [0.4, 0.5) is 0 Å². The predicted octanol–water partition coefficient (Wildman–Crippen LogP) is 2.83. The van der Waals surface area contributed by atoms with Crippen molar-refractivity contribution in [2.45, 2.75) is 52.1 Å². The van der Waals surface area contributed by atoms with E-state index in [0.29, 0.717) is 6.10 Å². The summed E-state index contributed by atoms with van der Waals surface area (Å²) in [5.74, 6) is 1.65. The summed E-state index contributed by atoms with van der Waals surface area (Å²) in [7, 11) is 1.83. The van der Waals surface area contributed by atoms with Gasteiger partial charge in [-0.25, -0.2) is 0 Å². The minimum atomic E-state index is 0.531. The van der Waals surface area contributed by atoms with E-state index in [-0.39, 0.29) is 0 Å². The first-order chi connectivity index (χ1) is 7.24. The molecule has 2 heteroatoms. The van der Waals surface area contributed by atoms with Gasteiger partial charge in [0.05, 0.1) is 6.10 Å². The van der Waals surface area contributed by atoms with Gasteiger partial charge in [-0.15, -0.1) is 0 Å². The van der Waals surface area contributed by atoms with E-state index in [1.807, 2.05) is 7.11 Å². The maximum Gasteiger partial charge on any atom is 0.0599 e. The highest BCUT2D eigenvalue weighted by molar-refractivity contribution is 4.75. The molecule has 1 aliphatic carbocycles. The summed E-state index contributed by atoms with van der Waals surface area (Å²) < 4.78 is 5.37. The summed E-state index contributed by atoms with van der Waals surface area (Å²) >= 11 is 0. The molecule has 0 aromatic carbocycles. The molecule has 1 N–H and O–H groups in total. The van der Waals surface area contributed by atoms with E-state index in [1.165, 1.54) is 45.2 Å². The normalized spacial score (nSPS) is 35.8. The Morgan fingerprint density at radius 3 is 2.13 bits per heavy atom. The highest BCUT2D eigenvalue weighted by Crippen LogP contribution is 2.29. The van der Waals surface area contributed by atoms with Crippen molar-refractivity contribution in [2.24, 2.45) is 11.8 Å². The summed E-state index contributed by atoms with van der Waals surface area (Å²) in [6, 6.07) is 0. The zero-order valence-electron chi connectivity index (χ0n) is 10.6. The van der Waals surface area contributed by atoms with Gasteiger partial charge in [0.15, 0.2) is 0 Å². The molecule has 3 atom stereocenters. The van der Waals surface area contributed by atoms with Gasteiger partial charge in [-0.3, -0.25) is 0 Å². The number of nitrogens with one attached hydrogen (secondary N) is 1. The zero-order valence-corrected chi connectivity index (χ0v) is 10.6. The minimum absolute atomic E-state index is 0.531. The monoisotopic (exact) mass is 213 g/mol. The van der Waals surface area contributed by atoms with Crippen molar-refractivity contribution >= 4 is 0 Å². The quantitative estimate of drug-likeness (QED) is 0.723. The van der Waals surface area contributed by atoms with Crippen LogP contribution in [0.25, 0.3) is 0 Å². The standard InChI is InChI=1S/C9H18O.C4H9N/c1-7-4-5-8(2)9(6-7)10-3;1-2-4-5-3-1/h7-9H,4-6H2,1-3H3;5H,1-4H2. The molecule has 90 valence electrons. The SMILES string of the molecule is C1CCNC1.COC1CC(C)CCC1C. The van der Waals surface area contributed by atoms with Crippen LogP contribution >= 0.6 is 0 Å². The molecule has 1 aliphatic heterocycles. The van der Waals surface area contributed by atoms with Crippen LogP contribution in [0.15, 0.2) is 0 Å². The van der Waals surface area contributed by atoms with E-state index >= 15 is 0 Å². The summed E-state index contributed by atoms with van der Waals surface area (Å²) in [5, 5.41) is 3.22. The highest BCUT2D eigenvalue weighted by atomic mass is 16.5. The first-order valence-corrected chi connectivity index (χ1v) is 6.47. The number of hydrogen-bond donors (Lipinski definition) is 1. The molecular weight excluding hydrogens is 186 g/mol. The van der Waals surface area contributed by atoms with Crippen LogP contribution in [0.3, 0.4) is 0 Å². The fourth-order valence-corrected chi connectivity index (χ4v) is 2.43. The van der Waals surface area contributed by atoms with Gasteiger partial charge in [0, 0.05) is 7.11 Å². The third-order valence-electron chi connectivity index (χ3n) is 3.64. The smallest absolute Gasteiger partial charge is 0.0599 e. The largest absolute Gasteiger partial charge is 0.381 e. The van der Waals surface area contributed by atoms with Gasteiger partial charge in [0.1, 0.15) is 0 Å². The van der Waals surface area contributed by atoms with Gasteiger partial charge >= 0.3 is 0 Å². The summed E-state index contributed by atoms with van der Waals surface area (Å²) in [5.41, 5.74) is 0. The molecule has 0 aromatic rings. The zero-order chi connectivity index (χ0) is 11.1. The second-order valence-corrected chi connectivity index (χ2v) is 5.13. The number of rotatable bonds is 1. The fourth-order valence-electron chi connectivity index (χ4n) is 2.43.